The fourth-order valence-electron chi connectivity index (χ4n) is 2.72. The number of benzene rings is 3. The number of hydrogen-bond donors (Lipinski definition) is 2. The number of carbonyl (C=O) groups excluding carboxylic acids is 3. The Balaban J connectivity index is 1.86. The van der Waals surface area contributed by atoms with Gasteiger partial charge in [-0.1, -0.05) is 40.2 Å². The molecular formula is C24H18BrFN2O4. The maximum Gasteiger partial charge on any atom is 0.337 e. The predicted octanol–water partition coefficient (Wildman–Crippen LogP) is 4.78. The fourth-order valence-corrected chi connectivity index (χ4v) is 2.99. The summed E-state index contributed by atoms with van der Waals surface area (Å²) in [6.45, 7) is 0. The molecule has 0 heterocycles. The highest BCUT2D eigenvalue weighted by Crippen LogP contribution is 2.16. The Hall–Kier alpha value is -3.78. The number of nitrogens with one attached hydrogen (secondary N) is 2. The zero-order chi connectivity index (χ0) is 23.1. The number of amides is 2. The van der Waals surface area contributed by atoms with Crippen molar-refractivity contribution in [1.82, 2.24) is 5.32 Å². The van der Waals surface area contributed by atoms with Gasteiger partial charge in [0, 0.05) is 10.2 Å². The van der Waals surface area contributed by atoms with Crippen LogP contribution in [0.3, 0.4) is 0 Å². The summed E-state index contributed by atoms with van der Waals surface area (Å²) in [6.07, 6.45) is 1.48. The first-order valence-electron chi connectivity index (χ1n) is 9.40. The number of hydrogen-bond acceptors (Lipinski definition) is 4. The van der Waals surface area contributed by atoms with Crippen LogP contribution in [0.25, 0.3) is 6.08 Å². The molecule has 3 aromatic carbocycles. The monoisotopic (exact) mass is 496 g/mol. The second-order valence-electron chi connectivity index (χ2n) is 6.57. The van der Waals surface area contributed by atoms with Crippen molar-refractivity contribution in [2.75, 3.05) is 12.4 Å². The van der Waals surface area contributed by atoms with Crippen molar-refractivity contribution in [2.45, 2.75) is 0 Å². The van der Waals surface area contributed by atoms with Gasteiger partial charge in [0.05, 0.1) is 18.2 Å². The van der Waals surface area contributed by atoms with Crippen LogP contribution in [0.1, 0.15) is 26.3 Å². The van der Waals surface area contributed by atoms with Crippen LogP contribution in [0.4, 0.5) is 10.1 Å². The quantitative estimate of drug-likeness (QED) is 0.379. The molecule has 0 saturated heterocycles. The van der Waals surface area contributed by atoms with E-state index in [1.54, 1.807) is 24.3 Å². The molecule has 0 saturated carbocycles. The molecule has 0 unspecified atom stereocenters. The van der Waals surface area contributed by atoms with E-state index < -0.39 is 23.6 Å². The summed E-state index contributed by atoms with van der Waals surface area (Å²) in [5.74, 6) is -2.59. The molecule has 0 fully saturated rings. The van der Waals surface area contributed by atoms with Crippen LogP contribution in [0, 0.1) is 5.82 Å². The second kappa shape index (κ2) is 10.5. The summed E-state index contributed by atoms with van der Waals surface area (Å²) in [6, 6.07) is 18.6. The van der Waals surface area contributed by atoms with E-state index in [9.17, 15) is 18.8 Å². The summed E-state index contributed by atoms with van der Waals surface area (Å²) in [5.41, 5.74) is 1.09. The minimum Gasteiger partial charge on any atom is -0.465 e. The van der Waals surface area contributed by atoms with Crippen molar-refractivity contribution in [2.24, 2.45) is 0 Å². The molecule has 6 nitrogen and oxygen atoms in total. The van der Waals surface area contributed by atoms with E-state index in [1.807, 2.05) is 0 Å². The zero-order valence-electron chi connectivity index (χ0n) is 16.9. The topological polar surface area (TPSA) is 84.5 Å². The van der Waals surface area contributed by atoms with Crippen molar-refractivity contribution < 1.29 is 23.5 Å². The standard InChI is InChI=1S/C24H18BrFN2O4/c1-32-24(31)16-8-12-18(13-9-16)27-23(30)21(14-15-6-10-17(25)11-7-15)28-22(29)19-4-2-3-5-20(19)26/h2-14H,1H3,(H,27,30)(H,28,29). The average molecular weight is 497 g/mol. The normalized spacial score (nSPS) is 10.9. The molecule has 0 bridgehead atoms. The first kappa shape index (κ1) is 22.9. The number of rotatable bonds is 6. The van der Waals surface area contributed by atoms with Gasteiger partial charge < -0.3 is 15.4 Å². The third-order valence-corrected chi connectivity index (χ3v) is 4.88. The van der Waals surface area contributed by atoms with Gasteiger partial charge in [0.15, 0.2) is 0 Å². The van der Waals surface area contributed by atoms with Crippen LogP contribution >= 0.6 is 15.9 Å². The van der Waals surface area contributed by atoms with E-state index in [0.717, 1.165) is 10.5 Å². The van der Waals surface area contributed by atoms with E-state index in [-0.39, 0.29) is 11.3 Å². The molecule has 8 heteroatoms. The summed E-state index contributed by atoms with van der Waals surface area (Å²) in [4.78, 5) is 37.1. The highest BCUT2D eigenvalue weighted by Gasteiger charge is 2.17. The van der Waals surface area contributed by atoms with Gasteiger partial charge in [-0.2, -0.15) is 0 Å². The molecule has 0 spiro atoms. The Bertz CT molecular complexity index is 1180. The highest BCUT2D eigenvalue weighted by molar-refractivity contribution is 9.10. The van der Waals surface area contributed by atoms with Gasteiger partial charge in [-0.3, -0.25) is 9.59 Å². The molecule has 2 amide bonds. The third-order valence-electron chi connectivity index (χ3n) is 4.36. The number of carbonyl (C=O) groups is 3. The molecule has 0 aromatic heterocycles. The summed E-state index contributed by atoms with van der Waals surface area (Å²) < 4.78 is 19.5. The minimum absolute atomic E-state index is 0.0855. The Morgan fingerprint density at radius 2 is 1.59 bits per heavy atom. The Labute approximate surface area is 192 Å². The molecular weight excluding hydrogens is 479 g/mol. The van der Waals surface area contributed by atoms with Crippen molar-refractivity contribution in [3.8, 4) is 0 Å². The van der Waals surface area contributed by atoms with Gasteiger partial charge in [0.25, 0.3) is 11.8 Å². The second-order valence-corrected chi connectivity index (χ2v) is 7.48. The zero-order valence-corrected chi connectivity index (χ0v) is 18.5. The van der Waals surface area contributed by atoms with Crippen LogP contribution < -0.4 is 10.6 Å². The Morgan fingerprint density at radius 3 is 2.22 bits per heavy atom. The lowest BCUT2D eigenvalue weighted by Crippen LogP contribution is -2.31. The van der Waals surface area contributed by atoms with Crippen LogP contribution in [0.2, 0.25) is 0 Å². The maximum absolute atomic E-state index is 14.0. The molecule has 0 aliphatic heterocycles. The first-order valence-corrected chi connectivity index (χ1v) is 10.2. The van der Waals surface area contributed by atoms with E-state index in [4.69, 9.17) is 0 Å². The van der Waals surface area contributed by atoms with Crippen LogP contribution in [-0.2, 0) is 9.53 Å². The number of methoxy groups -OCH3 is 1. The number of halogens is 2. The van der Waals surface area contributed by atoms with E-state index in [1.165, 1.54) is 55.7 Å². The van der Waals surface area contributed by atoms with E-state index >= 15 is 0 Å². The molecule has 162 valence electrons. The number of ether oxygens (including phenoxy) is 1. The highest BCUT2D eigenvalue weighted by atomic mass is 79.9. The SMILES string of the molecule is COC(=O)c1ccc(NC(=O)C(=Cc2ccc(Br)cc2)NC(=O)c2ccccc2F)cc1. The van der Waals surface area contributed by atoms with Crippen molar-refractivity contribution in [1.29, 1.82) is 0 Å². The predicted molar refractivity (Wildman–Crippen MR) is 122 cm³/mol. The summed E-state index contributed by atoms with van der Waals surface area (Å²) >= 11 is 3.34. The van der Waals surface area contributed by atoms with Crippen LogP contribution in [0.5, 0.6) is 0 Å². The van der Waals surface area contributed by atoms with Crippen molar-refractivity contribution >= 4 is 45.5 Å². The summed E-state index contributed by atoms with van der Waals surface area (Å²) in [5, 5.41) is 5.13. The third kappa shape index (κ3) is 5.89. The molecule has 3 aromatic rings. The smallest absolute Gasteiger partial charge is 0.337 e. The minimum atomic E-state index is -0.761. The lowest BCUT2D eigenvalue weighted by molar-refractivity contribution is -0.113. The Morgan fingerprint density at radius 1 is 0.938 bits per heavy atom. The van der Waals surface area contributed by atoms with Crippen LogP contribution in [-0.4, -0.2) is 24.9 Å². The van der Waals surface area contributed by atoms with Gasteiger partial charge in [0.1, 0.15) is 11.5 Å². The lowest BCUT2D eigenvalue weighted by Gasteiger charge is -2.12. The van der Waals surface area contributed by atoms with Crippen LogP contribution in [0.15, 0.2) is 83.0 Å². The van der Waals surface area contributed by atoms with Crippen molar-refractivity contribution in [3.63, 3.8) is 0 Å². The van der Waals surface area contributed by atoms with E-state index in [2.05, 4.69) is 31.3 Å². The molecule has 0 atom stereocenters. The van der Waals surface area contributed by atoms with Gasteiger partial charge in [0.2, 0.25) is 0 Å². The number of anilines is 1. The van der Waals surface area contributed by atoms with Gasteiger partial charge in [-0.15, -0.1) is 0 Å². The molecule has 32 heavy (non-hydrogen) atoms. The molecule has 0 radical (unpaired) electrons. The molecule has 0 aliphatic carbocycles. The molecule has 0 aliphatic rings. The summed E-state index contributed by atoms with van der Waals surface area (Å²) in [7, 11) is 1.27. The average Bonchev–Trinajstić information content (AvgIpc) is 2.80. The van der Waals surface area contributed by atoms with Gasteiger partial charge >= 0.3 is 5.97 Å². The van der Waals surface area contributed by atoms with Crippen molar-refractivity contribution in [3.05, 3.63) is 105 Å². The Kier molecular flexibility index (Phi) is 7.51. The van der Waals surface area contributed by atoms with E-state index in [0.29, 0.717) is 16.8 Å². The molecule has 2 N–H and O–H groups in total. The van der Waals surface area contributed by atoms with Gasteiger partial charge in [-0.25, -0.2) is 9.18 Å². The maximum atomic E-state index is 14.0. The largest absolute Gasteiger partial charge is 0.465 e. The fraction of sp³-hybridized carbons (Fsp3) is 0.0417. The number of esters is 1. The molecule has 3 rings (SSSR count). The first-order chi connectivity index (χ1) is 15.4. The van der Waals surface area contributed by atoms with Gasteiger partial charge in [-0.05, 0) is 60.2 Å². The lowest BCUT2D eigenvalue weighted by atomic mass is 10.1.